The Hall–Kier alpha value is -0.980. The molecule has 0 unspecified atom stereocenters. The van der Waals surface area contributed by atoms with Crippen LogP contribution in [0.25, 0.3) is 0 Å². The Bertz CT molecular complexity index is 355. The van der Waals surface area contributed by atoms with Gasteiger partial charge in [0.25, 0.3) is 0 Å². The van der Waals surface area contributed by atoms with Crippen LogP contribution in [0.5, 0.6) is 5.75 Å². The van der Waals surface area contributed by atoms with Crippen LogP contribution in [0.1, 0.15) is 0 Å². The number of hydrogen-bond acceptors (Lipinski definition) is 4. The first-order valence-electron chi connectivity index (χ1n) is 4.34. The number of methoxy groups -OCH3 is 1. The Kier molecular flexibility index (Phi) is 4.67. The Morgan fingerprint density at radius 1 is 1.53 bits per heavy atom. The molecule has 0 amide bonds. The van der Waals surface area contributed by atoms with E-state index in [-0.39, 0.29) is 12.6 Å². The van der Waals surface area contributed by atoms with Crippen molar-refractivity contribution < 1.29 is 14.3 Å². The molecule has 1 N–H and O–H groups in total. The normalized spacial score (nSPS) is 9.53. The van der Waals surface area contributed by atoms with Crippen molar-refractivity contribution in [2.75, 3.05) is 26.1 Å². The van der Waals surface area contributed by atoms with E-state index in [4.69, 9.17) is 4.74 Å². The third kappa shape index (κ3) is 3.58. The molecule has 1 aromatic rings. The van der Waals surface area contributed by atoms with E-state index < -0.39 is 0 Å². The fourth-order valence-corrected chi connectivity index (χ4v) is 1.64. The predicted octanol–water partition coefficient (Wildman–Crippen LogP) is 1.88. The molecule has 15 heavy (non-hydrogen) atoms. The van der Waals surface area contributed by atoms with Crippen molar-refractivity contribution in [2.45, 2.75) is 0 Å². The molecule has 0 fully saturated rings. The summed E-state index contributed by atoms with van der Waals surface area (Å²) in [6, 6.07) is 5.64. The SMILES string of the molecule is CNc1ccc(OCC(=O)OC)c(I)c1. The van der Waals surface area contributed by atoms with E-state index in [1.54, 1.807) is 0 Å². The second-order valence-electron chi connectivity index (χ2n) is 2.76. The molecule has 0 spiro atoms. The molecule has 0 aliphatic carbocycles. The highest BCUT2D eigenvalue weighted by Gasteiger charge is 2.05. The highest BCUT2D eigenvalue weighted by Crippen LogP contribution is 2.24. The highest BCUT2D eigenvalue weighted by molar-refractivity contribution is 14.1. The lowest BCUT2D eigenvalue weighted by atomic mass is 10.3. The molecular formula is C10H12INO3. The number of carbonyl (C=O) groups excluding carboxylic acids is 1. The lowest BCUT2D eigenvalue weighted by Gasteiger charge is -2.08. The number of ether oxygens (including phenoxy) is 2. The molecule has 1 aromatic carbocycles. The molecule has 0 aliphatic heterocycles. The van der Waals surface area contributed by atoms with Gasteiger partial charge >= 0.3 is 5.97 Å². The molecule has 1 rings (SSSR count). The zero-order valence-electron chi connectivity index (χ0n) is 8.54. The summed E-state index contributed by atoms with van der Waals surface area (Å²) in [5.74, 6) is 0.295. The quantitative estimate of drug-likeness (QED) is 0.680. The summed E-state index contributed by atoms with van der Waals surface area (Å²) in [6.07, 6.45) is 0. The van der Waals surface area contributed by atoms with Crippen LogP contribution in [0.4, 0.5) is 5.69 Å². The second-order valence-corrected chi connectivity index (χ2v) is 3.92. The summed E-state index contributed by atoms with van der Waals surface area (Å²) in [6.45, 7) is -0.0641. The number of nitrogens with one attached hydrogen (secondary N) is 1. The standard InChI is InChI=1S/C10H12INO3/c1-12-7-3-4-9(8(11)5-7)15-6-10(13)14-2/h3-5,12H,6H2,1-2H3. The molecule has 4 nitrogen and oxygen atoms in total. The fraction of sp³-hybridized carbons (Fsp3) is 0.300. The highest BCUT2D eigenvalue weighted by atomic mass is 127. The maximum Gasteiger partial charge on any atom is 0.343 e. The Labute approximate surface area is 102 Å². The van der Waals surface area contributed by atoms with Crippen molar-refractivity contribution in [1.29, 1.82) is 0 Å². The van der Waals surface area contributed by atoms with Crippen molar-refractivity contribution in [2.24, 2.45) is 0 Å². The molecular weight excluding hydrogens is 309 g/mol. The van der Waals surface area contributed by atoms with E-state index in [2.05, 4.69) is 32.6 Å². The summed E-state index contributed by atoms with van der Waals surface area (Å²) in [5, 5.41) is 3.02. The van der Waals surface area contributed by atoms with E-state index in [0.717, 1.165) is 9.26 Å². The average molecular weight is 321 g/mol. The van der Waals surface area contributed by atoms with Crippen LogP contribution in [0, 0.1) is 3.57 Å². The van der Waals surface area contributed by atoms with Crippen molar-refractivity contribution >= 4 is 34.2 Å². The lowest BCUT2D eigenvalue weighted by molar-refractivity contribution is -0.142. The third-order valence-electron chi connectivity index (χ3n) is 1.79. The number of halogens is 1. The van der Waals surface area contributed by atoms with E-state index in [0.29, 0.717) is 5.75 Å². The molecule has 82 valence electrons. The largest absolute Gasteiger partial charge is 0.481 e. The fourth-order valence-electron chi connectivity index (χ4n) is 0.969. The zero-order valence-corrected chi connectivity index (χ0v) is 10.7. The van der Waals surface area contributed by atoms with Gasteiger partial charge < -0.3 is 14.8 Å². The summed E-state index contributed by atoms with van der Waals surface area (Å²) in [5.41, 5.74) is 1.00. The first-order chi connectivity index (χ1) is 7.17. The van der Waals surface area contributed by atoms with Crippen LogP contribution in [-0.4, -0.2) is 26.7 Å². The molecule has 0 saturated heterocycles. The van der Waals surface area contributed by atoms with Crippen LogP contribution in [0.15, 0.2) is 18.2 Å². The van der Waals surface area contributed by atoms with E-state index in [9.17, 15) is 4.79 Å². The molecule has 0 aromatic heterocycles. The Morgan fingerprint density at radius 3 is 2.80 bits per heavy atom. The van der Waals surface area contributed by atoms with Crippen molar-refractivity contribution in [3.63, 3.8) is 0 Å². The number of esters is 1. The van der Waals surface area contributed by atoms with Crippen LogP contribution < -0.4 is 10.1 Å². The van der Waals surface area contributed by atoms with Gasteiger partial charge in [-0.15, -0.1) is 0 Å². The van der Waals surface area contributed by atoms with Crippen LogP contribution in [-0.2, 0) is 9.53 Å². The topological polar surface area (TPSA) is 47.6 Å². The van der Waals surface area contributed by atoms with Gasteiger partial charge in [0.15, 0.2) is 6.61 Å². The minimum atomic E-state index is -0.386. The number of rotatable bonds is 4. The minimum Gasteiger partial charge on any atom is -0.481 e. The summed E-state index contributed by atoms with van der Waals surface area (Å²) in [4.78, 5) is 10.9. The molecule has 0 radical (unpaired) electrons. The maximum atomic E-state index is 10.9. The van der Waals surface area contributed by atoms with Crippen molar-refractivity contribution in [3.05, 3.63) is 21.8 Å². The third-order valence-corrected chi connectivity index (χ3v) is 2.64. The smallest absolute Gasteiger partial charge is 0.343 e. The summed E-state index contributed by atoms with van der Waals surface area (Å²) < 4.78 is 10.7. The van der Waals surface area contributed by atoms with Gasteiger partial charge in [0.1, 0.15) is 5.75 Å². The van der Waals surface area contributed by atoms with Gasteiger partial charge in [-0.2, -0.15) is 0 Å². The van der Waals surface area contributed by atoms with E-state index in [1.165, 1.54) is 7.11 Å². The average Bonchev–Trinajstić information content (AvgIpc) is 2.26. The van der Waals surface area contributed by atoms with Crippen LogP contribution in [0.2, 0.25) is 0 Å². The van der Waals surface area contributed by atoms with Gasteiger partial charge in [-0.25, -0.2) is 4.79 Å². The molecule has 0 bridgehead atoms. The van der Waals surface area contributed by atoms with Gasteiger partial charge in [0.05, 0.1) is 10.7 Å². The number of benzene rings is 1. The summed E-state index contributed by atoms with van der Waals surface area (Å²) >= 11 is 2.15. The molecule has 0 saturated carbocycles. The number of anilines is 1. The minimum absolute atomic E-state index is 0.0641. The predicted molar refractivity (Wildman–Crippen MR) is 66.2 cm³/mol. The molecule has 0 heterocycles. The Balaban J connectivity index is 2.66. The lowest BCUT2D eigenvalue weighted by Crippen LogP contribution is -2.13. The van der Waals surface area contributed by atoms with Crippen LogP contribution in [0.3, 0.4) is 0 Å². The van der Waals surface area contributed by atoms with E-state index in [1.807, 2.05) is 25.2 Å². The Morgan fingerprint density at radius 2 is 2.27 bits per heavy atom. The maximum absolute atomic E-state index is 10.9. The zero-order chi connectivity index (χ0) is 11.3. The molecule has 0 atom stereocenters. The monoisotopic (exact) mass is 321 g/mol. The van der Waals surface area contributed by atoms with Gasteiger partial charge in [0.2, 0.25) is 0 Å². The molecule has 5 heteroatoms. The van der Waals surface area contributed by atoms with Gasteiger partial charge in [0, 0.05) is 12.7 Å². The number of carbonyl (C=O) groups is 1. The first kappa shape index (κ1) is 12.1. The summed E-state index contributed by atoms with van der Waals surface area (Å²) in [7, 11) is 3.18. The first-order valence-corrected chi connectivity index (χ1v) is 5.42. The van der Waals surface area contributed by atoms with Crippen molar-refractivity contribution in [1.82, 2.24) is 0 Å². The van der Waals surface area contributed by atoms with Gasteiger partial charge in [-0.1, -0.05) is 0 Å². The van der Waals surface area contributed by atoms with Crippen LogP contribution >= 0.6 is 22.6 Å². The van der Waals surface area contributed by atoms with E-state index >= 15 is 0 Å². The van der Waals surface area contributed by atoms with Gasteiger partial charge in [-0.05, 0) is 40.8 Å². The van der Waals surface area contributed by atoms with Crippen molar-refractivity contribution in [3.8, 4) is 5.75 Å². The van der Waals surface area contributed by atoms with Gasteiger partial charge in [-0.3, -0.25) is 0 Å². The number of hydrogen-bond donors (Lipinski definition) is 1. The second kappa shape index (κ2) is 5.79. The molecule has 0 aliphatic rings.